The van der Waals surface area contributed by atoms with E-state index in [1.807, 2.05) is 36.5 Å². The minimum absolute atomic E-state index is 0.141. The summed E-state index contributed by atoms with van der Waals surface area (Å²) < 4.78 is 0. The summed E-state index contributed by atoms with van der Waals surface area (Å²) in [7, 11) is 0. The van der Waals surface area contributed by atoms with Crippen LogP contribution in [0.5, 0.6) is 0 Å². The molecule has 2 atom stereocenters. The first-order valence-electron chi connectivity index (χ1n) is 8.11. The number of carbonyl (C=O) groups excluding carboxylic acids is 1. The average Bonchev–Trinajstić information content (AvgIpc) is 2.64. The number of pyridine rings is 2. The summed E-state index contributed by atoms with van der Waals surface area (Å²) in [5, 5.41) is 0. The van der Waals surface area contributed by atoms with Gasteiger partial charge >= 0.3 is 0 Å². The molecule has 2 aromatic rings. The topological polar surface area (TPSA) is 42.9 Å². The highest BCUT2D eigenvalue weighted by molar-refractivity contribution is 6.02. The number of aromatic nitrogens is 2. The van der Waals surface area contributed by atoms with Gasteiger partial charge in [0.1, 0.15) is 5.69 Å². The normalized spacial score (nSPS) is 19.6. The molecular weight excluding hydrogens is 296 g/mol. The SMILES string of the molecule is C=CC(=O)c1cccc(CC2C=CC=C(c3ccccn3)C2C)n1. The van der Waals surface area contributed by atoms with Gasteiger partial charge in [0, 0.05) is 11.9 Å². The molecule has 24 heavy (non-hydrogen) atoms. The second-order valence-electron chi connectivity index (χ2n) is 5.96. The molecule has 0 fully saturated rings. The molecule has 0 saturated heterocycles. The number of hydrogen-bond donors (Lipinski definition) is 0. The van der Waals surface area contributed by atoms with Gasteiger partial charge in [0.05, 0.1) is 5.69 Å². The lowest BCUT2D eigenvalue weighted by Crippen LogP contribution is -2.18. The summed E-state index contributed by atoms with van der Waals surface area (Å²) in [4.78, 5) is 20.7. The van der Waals surface area contributed by atoms with Gasteiger partial charge in [-0.15, -0.1) is 0 Å². The van der Waals surface area contributed by atoms with Crippen LogP contribution in [0.1, 0.15) is 28.8 Å². The molecule has 0 amide bonds. The number of nitrogens with zero attached hydrogens (tertiary/aromatic N) is 2. The molecule has 0 radical (unpaired) electrons. The van der Waals surface area contributed by atoms with Gasteiger partial charge in [-0.2, -0.15) is 0 Å². The second-order valence-corrected chi connectivity index (χ2v) is 5.96. The Bertz CT molecular complexity index is 806. The Kier molecular flexibility index (Phi) is 4.80. The van der Waals surface area contributed by atoms with E-state index in [-0.39, 0.29) is 5.78 Å². The fourth-order valence-corrected chi connectivity index (χ4v) is 3.02. The van der Waals surface area contributed by atoms with Crippen molar-refractivity contribution in [2.45, 2.75) is 13.3 Å². The first kappa shape index (κ1) is 16.1. The molecular formula is C21H20N2O. The van der Waals surface area contributed by atoms with E-state index >= 15 is 0 Å². The molecule has 0 bridgehead atoms. The van der Waals surface area contributed by atoms with Crippen molar-refractivity contribution in [1.29, 1.82) is 0 Å². The molecule has 0 aliphatic heterocycles. The predicted molar refractivity (Wildman–Crippen MR) is 96.5 cm³/mol. The van der Waals surface area contributed by atoms with Gasteiger partial charge < -0.3 is 0 Å². The van der Waals surface area contributed by atoms with Crippen LogP contribution in [0.3, 0.4) is 0 Å². The van der Waals surface area contributed by atoms with Crippen molar-refractivity contribution in [1.82, 2.24) is 9.97 Å². The Morgan fingerprint density at radius 3 is 2.88 bits per heavy atom. The van der Waals surface area contributed by atoms with Crippen LogP contribution in [-0.4, -0.2) is 15.8 Å². The van der Waals surface area contributed by atoms with Crippen LogP contribution >= 0.6 is 0 Å². The van der Waals surface area contributed by atoms with Crippen molar-refractivity contribution in [2.24, 2.45) is 11.8 Å². The zero-order chi connectivity index (χ0) is 16.9. The highest BCUT2D eigenvalue weighted by Crippen LogP contribution is 2.33. The Balaban J connectivity index is 1.80. The molecule has 0 spiro atoms. The van der Waals surface area contributed by atoms with Crippen LogP contribution in [0.15, 0.2) is 73.5 Å². The number of rotatable bonds is 5. The Labute approximate surface area is 142 Å². The van der Waals surface area contributed by atoms with Crippen molar-refractivity contribution in [3.05, 3.63) is 90.6 Å². The van der Waals surface area contributed by atoms with Crippen molar-refractivity contribution in [3.8, 4) is 0 Å². The van der Waals surface area contributed by atoms with Crippen LogP contribution in [-0.2, 0) is 6.42 Å². The van der Waals surface area contributed by atoms with Crippen molar-refractivity contribution >= 4 is 11.4 Å². The molecule has 120 valence electrons. The van der Waals surface area contributed by atoms with Gasteiger partial charge in [0.15, 0.2) is 0 Å². The summed E-state index contributed by atoms with van der Waals surface area (Å²) in [5.41, 5.74) is 3.63. The molecule has 0 saturated carbocycles. The number of hydrogen-bond acceptors (Lipinski definition) is 3. The van der Waals surface area contributed by atoms with Gasteiger partial charge in [-0.25, -0.2) is 4.98 Å². The summed E-state index contributed by atoms with van der Waals surface area (Å²) in [5.74, 6) is 0.525. The van der Waals surface area contributed by atoms with Crippen molar-refractivity contribution in [3.63, 3.8) is 0 Å². The summed E-state index contributed by atoms with van der Waals surface area (Å²) >= 11 is 0. The van der Waals surface area contributed by atoms with E-state index in [4.69, 9.17) is 0 Å². The third-order valence-electron chi connectivity index (χ3n) is 4.42. The largest absolute Gasteiger partial charge is 0.288 e. The predicted octanol–water partition coefficient (Wildman–Crippen LogP) is 4.29. The van der Waals surface area contributed by atoms with Gasteiger partial charge in [0.25, 0.3) is 0 Å². The van der Waals surface area contributed by atoms with Gasteiger partial charge in [-0.3, -0.25) is 9.78 Å². The maximum absolute atomic E-state index is 11.7. The Morgan fingerprint density at radius 1 is 1.25 bits per heavy atom. The maximum atomic E-state index is 11.7. The fourth-order valence-electron chi connectivity index (χ4n) is 3.02. The average molecular weight is 316 g/mol. The molecule has 1 aliphatic carbocycles. The molecule has 3 heteroatoms. The zero-order valence-corrected chi connectivity index (χ0v) is 13.7. The highest BCUT2D eigenvalue weighted by Gasteiger charge is 2.23. The van der Waals surface area contributed by atoms with Crippen LogP contribution in [0.25, 0.3) is 5.57 Å². The minimum Gasteiger partial charge on any atom is -0.288 e. The number of ketones is 1. The fraction of sp³-hybridized carbons (Fsp3) is 0.190. The van der Waals surface area contributed by atoms with E-state index in [1.54, 1.807) is 6.07 Å². The molecule has 3 nitrogen and oxygen atoms in total. The van der Waals surface area contributed by atoms with E-state index in [0.717, 1.165) is 17.8 Å². The molecule has 0 aromatic carbocycles. The maximum Gasteiger partial charge on any atom is 0.203 e. The first-order valence-corrected chi connectivity index (χ1v) is 8.11. The summed E-state index contributed by atoms with van der Waals surface area (Å²) in [6.45, 7) is 5.74. The first-order chi connectivity index (χ1) is 11.7. The summed E-state index contributed by atoms with van der Waals surface area (Å²) in [6.07, 6.45) is 10.3. The van der Waals surface area contributed by atoms with Crippen LogP contribution in [0.2, 0.25) is 0 Å². The van der Waals surface area contributed by atoms with E-state index in [0.29, 0.717) is 17.5 Å². The molecule has 2 heterocycles. The standard InChI is InChI=1S/C21H20N2O/c1-3-21(24)20-12-7-9-17(23-20)14-16-8-6-10-18(15(16)2)19-11-4-5-13-22-19/h3-13,15-16H,1,14H2,2H3. The third-order valence-corrected chi connectivity index (χ3v) is 4.42. The zero-order valence-electron chi connectivity index (χ0n) is 13.7. The minimum atomic E-state index is -0.141. The molecule has 3 rings (SSSR count). The van der Waals surface area contributed by atoms with E-state index in [9.17, 15) is 4.79 Å². The lowest BCUT2D eigenvalue weighted by atomic mass is 9.79. The van der Waals surface area contributed by atoms with Crippen molar-refractivity contribution < 1.29 is 4.79 Å². The summed E-state index contributed by atoms with van der Waals surface area (Å²) in [6, 6.07) is 11.6. The monoisotopic (exact) mass is 316 g/mol. The van der Waals surface area contributed by atoms with Gasteiger partial charge in [0.2, 0.25) is 5.78 Å². The van der Waals surface area contributed by atoms with E-state index in [1.165, 1.54) is 11.6 Å². The van der Waals surface area contributed by atoms with Crippen molar-refractivity contribution in [2.75, 3.05) is 0 Å². The van der Waals surface area contributed by atoms with Gasteiger partial charge in [-0.05, 0) is 54.2 Å². The van der Waals surface area contributed by atoms with Crippen LogP contribution in [0, 0.1) is 11.8 Å². The van der Waals surface area contributed by atoms with E-state index < -0.39 is 0 Å². The lowest BCUT2D eigenvalue weighted by Gasteiger charge is -2.26. The Hall–Kier alpha value is -2.81. The third kappa shape index (κ3) is 3.40. The van der Waals surface area contributed by atoms with Crippen LogP contribution < -0.4 is 0 Å². The molecule has 2 unspecified atom stereocenters. The van der Waals surface area contributed by atoms with Crippen LogP contribution in [0.4, 0.5) is 0 Å². The molecule has 1 aliphatic rings. The quantitative estimate of drug-likeness (QED) is 0.610. The lowest BCUT2D eigenvalue weighted by molar-refractivity contribution is 0.104. The second kappa shape index (κ2) is 7.18. The smallest absolute Gasteiger partial charge is 0.203 e. The van der Waals surface area contributed by atoms with E-state index in [2.05, 4.69) is 41.7 Å². The van der Waals surface area contributed by atoms with Gasteiger partial charge in [-0.1, -0.05) is 43.9 Å². The molecule has 0 N–H and O–H groups in total. The highest BCUT2D eigenvalue weighted by atomic mass is 16.1. The molecule has 2 aromatic heterocycles. The number of carbonyl (C=O) groups is 1. The Morgan fingerprint density at radius 2 is 2.12 bits per heavy atom. The number of allylic oxidation sites excluding steroid dienone is 5.